The molecular formula is C26H29N3. The van der Waals surface area contributed by atoms with Gasteiger partial charge in [-0.25, -0.2) is 4.98 Å². The van der Waals surface area contributed by atoms with Gasteiger partial charge in [0.2, 0.25) is 0 Å². The van der Waals surface area contributed by atoms with Crippen molar-refractivity contribution in [2.45, 2.75) is 45.6 Å². The van der Waals surface area contributed by atoms with Crippen LogP contribution in [-0.2, 0) is 12.8 Å². The molecule has 3 heterocycles. The summed E-state index contributed by atoms with van der Waals surface area (Å²) in [6.07, 6.45) is 8.95. The summed E-state index contributed by atoms with van der Waals surface area (Å²) in [5, 5.41) is 2.61. The van der Waals surface area contributed by atoms with Crippen molar-refractivity contribution in [1.82, 2.24) is 9.55 Å². The molecule has 0 N–H and O–H groups in total. The molecule has 1 atom stereocenters. The number of rotatable bonds is 4. The first-order valence-electron chi connectivity index (χ1n) is 11.0. The smallest absolute Gasteiger partial charge is 0.0762 e. The van der Waals surface area contributed by atoms with Crippen LogP contribution in [0.25, 0.3) is 21.8 Å². The number of benzene rings is 2. The van der Waals surface area contributed by atoms with Crippen LogP contribution in [-0.4, -0.2) is 22.6 Å². The van der Waals surface area contributed by atoms with Gasteiger partial charge in [0.15, 0.2) is 0 Å². The predicted octanol–water partition coefficient (Wildman–Crippen LogP) is 6.16. The van der Waals surface area contributed by atoms with E-state index in [1.54, 1.807) is 0 Å². The minimum atomic E-state index is 0.528. The fourth-order valence-electron chi connectivity index (χ4n) is 4.92. The molecule has 1 unspecified atom stereocenters. The summed E-state index contributed by atoms with van der Waals surface area (Å²) in [6.45, 7) is 6.65. The molecule has 0 spiro atoms. The molecule has 5 rings (SSSR count). The second kappa shape index (κ2) is 7.55. The Hall–Kier alpha value is -2.81. The molecule has 3 heteroatoms. The van der Waals surface area contributed by atoms with E-state index < -0.39 is 0 Å². The van der Waals surface area contributed by atoms with Crippen LogP contribution in [0.4, 0.5) is 5.69 Å². The number of para-hydroxylation sites is 1. The standard InChI is InChI=1S/C26H29N3/c1-3-19-16-20(4-2)25-23(17-19)26(22-11-5-6-12-24(22)27-25)29-15-9-10-21(18-29)28-13-7-8-14-28/h5-8,11-14,16-17,21H,3-4,9-10,15,18H2,1-2H3. The normalized spacial score (nSPS) is 17.3. The average Bonchev–Trinajstić information content (AvgIpc) is 3.32. The minimum Gasteiger partial charge on any atom is -0.368 e. The van der Waals surface area contributed by atoms with Crippen LogP contribution in [0.15, 0.2) is 60.9 Å². The third-order valence-electron chi connectivity index (χ3n) is 6.45. The van der Waals surface area contributed by atoms with Gasteiger partial charge in [0, 0.05) is 36.3 Å². The fraction of sp³-hybridized carbons (Fsp3) is 0.346. The number of pyridine rings is 1. The molecule has 0 saturated carbocycles. The highest BCUT2D eigenvalue weighted by Crippen LogP contribution is 2.38. The molecule has 1 saturated heterocycles. The van der Waals surface area contributed by atoms with Crippen molar-refractivity contribution >= 4 is 27.5 Å². The van der Waals surface area contributed by atoms with Gasteiger partial charge in [-0.15, -0.1) is 0 Å². The molecule has 3 nitrogen and oxygen atoms in total. The van der Waals surface area contributed by atoms with Gasteiger partial charge in [-0.3, -0.25) is 0 Å². The van der Waals surface area contributed by atoms with Gasteiger partial charge in [0.1, 0.15) is 0 Å². The zero-order valence-electron chi connectivity index (χ0n) is 17.4. The number of piperidine rings is 1. The summed E-state index contributed by atoms with van der Waals surface area (Å²) in [5.74, 6) is 0. The van der Waals surface area contributed by atoms with E-state index in [2.05, 4.69) is 84.2 Å². The number of anilines is 1. The number of aromatic nitrogens is 2. The second-order valence-electron chi connectivity index (χ2n) is 8.21. The Balaban J connectivity index is 1.73. The number of hydrogen-bond donors (Lipinski definition) is 0. The topological polar surface area (TPSA) is 21.1 Å². The number of fused-ring (bicyclic) bond motifs is 2. The Kier molecular flexibility index (Phi) is 4.75. The van der Waals surface area contributed by atoms with Crippen LogP contribution in [0.2, 0.25) is 0 Å². The van der Waals surface area contributed by atoms with Crippen molar-refractivity contribution in [1.29, 1.82) is 0 Å². The lowest BCUT2D eigenvalue weighted by Crippen LogP contribution is -2.36. The van der Waals surface area contributed by atoms with E-state index in [4.69, 9.17) is 4.98 Å². The van der Waals surface area contributed by atoms with Gasteiger partial charge in [-0.05, 0) is 61.1 Å². The molecule has 1 aliphatic heterocycles. The first kappa shape index (κ1) is 18.2. The van der Waals surface area contributed by atoms with E-state index in [-0.39, 0.29) is 0 Å². The lowest BCUT2D eigenvalue weighted by atomic mass is 9.96. The van der Waals surface area contributed by atoms with Gasteiger partial charge >= 0.3 is 0 Å². The maximum absolute atomic E-state index is 5.12. The van der Waals surface area contributed by atoms with E-state index in [9.17, 15) is 0 Å². The predicted molar refractivity (Wildman–Crippen MR) is 123 cm³/mol. The molecule has 2 aromatic carbocycles. The summed E-state index contributed by atoms with van der Waals surface area (Å²) >= 11 is 0. The van der Waals surface area contributed by atoms with Crippen molar-refractivity contribution in [2.75, 3.05) is 18.0 Å². The highest BCUT2D eigenvalue weighted by atomic mass is 15.2. The molecule has 29 heavy (non-hydrogen) atoms. The van der Waals surface area contributed by atoms with E-state index in [1.165, 1.54) is 45.9 Å². The summed E-state index contributed by atoms with van der Waals surface area (Å²) < 4.78 is 2.38. The Morgan fingerprint density at radius 3 is 2.59 bits per heavy atom. The molecule has 0 aliphatic carbocycles. The van der Waals surface area contributed by atoms with Crippen LogP contribution in [0.1, 0.15) is 43.9 Å². The molecule has 1 aliphatic rings. The summed E-state index contributed by atoms with van der Waals surface area (Å²) in [5.41, 5.74) is 6.45. The van der Waals surface area contributed by atoms with Crippen molar-refractivity contribution in [3.8, 4) is 0 Å². The lowest BCUT2D eigenvalue weighted by molar-refractivity contribution is 0.407. The Morgan fingerprint density at radius 2 is 1.79 bits per heavy atom. The van der Waals surface area contributed by atoms with E-state index in [0.29, 0.717) is 6.04 Å². The third-order valence-corrected chi connectivity index (χ3v) is 6.45. The lowest BCUT2D eigenvalue weighted by Gasteiger charge is -2.36. The van der Waals surface area contributed by atoms with Crippen LogP contribution in [0.5, 0.6) is 0 Å². The average molecular weight is 384 g/mol. The van der Waals surface area contributed by atoms with Gasteiger partial charge in [-0.1, -0.05) is 38.1 Å². The summed E-state index contributed by atoms with van der Waals surface area (Å²) in [6, 6.07) is 18.2. The first-order chi connectivity index (χ1) is 14.3. The van der Waals surface area contributed by atoms with Gasteiger partial charge in [0.25, 0.3) is 0 Å². The molecular weight excluding hydrogens is 354 g/mol. The van der Waals surface area contributed by atoms with Gasteiger partial charge in [0.05, 0.1) is 22.8 Å². The zero-order valence-corrected chi connectivity index (χ0v) is 17.4. The molecule has 1 fully saturated rings. The van der Waals surface area contributed by atoms with E-state index in [1.807, 2.05) is 0 Å². The molecule has 2 aromatic heterocycles. The summed E-state index contributed by atoms with van der Waals surface area (Å²) in [7, 11) is 0. The second-order valence-corrected chi connectivity index (χ2v) is 8.21. The van der Waals surface area contributed by atoms with Gasteiger partial charge in [-0.2, -0.15) is 0 Å². The van der Waals surface area contributed by atoms with Gasteiger partial charge < -0.3 is 9.47 Å². The van der Waals surface area contributed by atoms with E-state index >= 15 is 0 Å². The monoisotopic (exact) mass is 383 g/mol. The van der Waals surface area contributed by atoms with Crippen molar-refractivity contribution < 1.29 is 0 Å². The highest BCUT2D eigenvalue weighted by molar-refractivity contribution is 6.09. The molecule has 0 radical (unpaired) electrons. The highest BCUT2D eigenvalue weighted by Gasteiger charge is 2.24. The molecule has 0 amide bonds. The maximum Gasteiger partial charge on any atom is 0.0762 e. The summed E-state index contributed by atoms with van der Waals surface area (Å²) in [4.78, 5) is 7.74. The first-order valence-corrected chi connectivity index (χ1v) is 11.0. The van der Waals surface area contributed by atoms with Crippen LogP contribution in [0.3, 0.4) is 0 Å². The largest absolute Gasteiger partial charge is 0.368 e. The number of aryl methyl sites for hydroxylation is 2. The number of hydrogen-bond acceptors (Lipinski definition) is 2. The SMILES string of the molecule is CCc1cc(CC)c2nc3ccccc3c(N3CCCC(n4cccc4)C3)c2c1. The Morgan fingerprint density at radius 1 is 0.966 bits per heavy atom. The minimum absolute atomic E-state index is 0.528. The Bertz CT molecular complexity index is 1140. The number of nitrogens with zero attached hydrogens (tertiary/aromatic N) is 3. The quantitative estimate of drug-likeness (QED) is 0.394. The van der Waals surface area contributed by atoms with Crippen LogP contribution >= 0.6 is 0 Å². The van der Waals surface area contributed by atoms with Crippen molar-refractivity contribution in [2.24, 2.45) is 0 Å². The van der Waals surface area contributed by atoms with Crippen molar-refractivity contribution in [3.63, 3.8) is 0 Å². The molecule has 148 valence electrons. The van der Waals surface area contributed by atoms with Crippen molar-refractivity contribution in [3.05, 3.63) is 72.1 Å². The third kappa shape index (κ3) is 3.19. The van der Waals surface area contributed by atoms with E-state index in [0.717, 1.165) is 31.4 Å². The fourth-order valence-corrected chi connectivity index (χ4v) is 4.92. The zero-order chi connectivity index (χ0) is 19.8. The molecule has 4 aromatic rings. The molecule has 0 bridgehead atoms. The maximum atomic E-state index is 5.12. The Labute approximate surface area is 173 Å². The van der Waals surface area contributed by atoms with Crippen LogP contribution in [0, 0.1) is 0 Å². The van der Waals surface area contributed by atoms with Crippen LogP contribution < -0.4 is 4.90 Å².